The van der Waals surface area contributed by atoms with Gasteiger partial charge in [0.2, 0.25) is 10.0 Å². The van der Waals surface area contributed by atoms with Gasteiger partial charge in [-0.2, -0.15) is 0 Å². The van der Waals surface area contributed by atoms with Crippen LogP contribution in [0.2, 0.25) is 0 Å². The molecule has 0 aliphatic rings. The number of aromatic nitrogens is 1. The number of hydrogen-bond acceptors (Lipinski definition) is 3. The van der Waals surface area contributed by atoms with Gasteiger partial charge in [-0.05, 0) is 12.1 Å². The molecule has 0 unspecified atom stereocenters. The van der Waals surface area contributed by atoms with E-state index in [0.717, 1.165) is 5.69 Å². The van der Waals surface area contributed by atoms with E-state index in [1.165, 1.54) is 0 Å². The fourth-order valence-electron chi connectivity index (χ4n) is 0.793. The number of aryl methyl sites for hydroxylation is 1. The average molecular weight is 226 g/mol. The molecule has 1 heterocycles. The maximum absolute atomic E-state index is 10.6. The van der Waals surface area contributed by atoms with Gasteiger partial charge in [0.25, 0.3) is 0 Å². The van der Waals surface area contributed by atoms with Gasteiger partial charge in [-0.25, -0.2) is 13.6 Å². The molecule has 68 valence electrons. The average Bonchev–Trinajstić information content (AvgIpc) is 2.02. The van der Waals surface area contributed by atoms with Gasteiger partial charge in [0.05, 0.1) is 5.75 Å². The first kappa shape index (κ1) is 13.7. The molecule has 0 aliphatic heterocycles. The second-order valence-electron chi connectivity index (χ2n) is 2.44. The molecule has 0 fully saturated rings. The van der Waals surface area contributed by atoms with Gasteiger partial charge >= 0.3 is 51.4 Å². The second kappa shape index (κ2) is 6.23. The normalized spacial score (nSPS) is 10.5. The summed E-state index contributed by atoms with van der Waals surface area (Å²) in [6.45, 7) is 0. The topological polar surface area (TPSA) is 73.1 Å². The molecule has 0 spiro atoms. The van der Waals surface area contributed by atoms with Gasteiger partial charge in [-0.15, -0.1) is 0 Å². The summed E-state index contributed by atoms with van der Waals surface area (Å²) in [5, 5.41) is 4.83. The minimum atomic E-state index is -3.36. The Bertz CT molecular complexity index is 339. The summed E-state index contributed by atoms with van der Waals surface area (Å²) < 4.78 is 21.1. The molecular formula is C7H11KN2O2S. The number of nitrogens with zero attached hydrogens (tertiary/aromatic N) is 1. The molecule has 1 aromatic rings. The Balaban J connectivity index is 0.00000144. The van der Waals surface area contributed by atoms with E-state index in [-0.39, 0.29) is 57.1 Å². The van der Waals surface area contributed by atoms with Crippen molar-refractivity contribution in [2.75, 3.05) is 5.75 Å². The SMILES string of the molecule is NS(=O)(=O)CCc1ccccn1.[KH]. The first-order valence-electron chi connectivity index (χ1n) is 3.48. The predicted molar refractivity (Wildman–Crippen MR) is 53.1 cm³/mol. The van der Waals surface area contributed by atoms with Crippen molar-refractivity contribution in [1.29, 1.82) is 0 Å². The number of primary sulfonamides is 1. The number of rotatable bonds is 3. The van der Waals surface area contributed by atoms with Crippen molar-refractivity contribution < 1.29 is 8.42 Å². The number of nitrogens with two attached hydrogens (primary N) is 1. The van der Waals surface area contributed by atoms with Gasteiger partial charge < -0.3 is 0 Å². The summed E-state index contributed by atoms with van der Waals surface area (Å²) in [7, 11) is -3.36. The molecule has 2 N–H and O–H groups in total. The van der Waals surface area contributed by atoms with Gasteiger partial charge in [0.15, 0.2) is 0 Å². The Kier molecular flexibility index (Phi) is 6.56. The molecule has 0 bridgehead atoms. The quantitative estimate of drug-likeness (QED) is 0.690. The van der Waals surface area contributed by atoms with Crippen LogP contribution >= 0.6 is 0 Å². The Hall–Kier alpha value is 0.696. The summed E-state index contributed by atoms with van der Waals surface area (Å²) in [5.41, 5.74) is 0.742. The molecule has 4 nitrogen and oxygen atoms in total. The van der Waals surface area contributed by atoms with Crippen molar-refractivity contribution in [2.45, 2.75) is 6.42 Å². The van der Waals surface area contributed by atoms with Crippen molar-refractivity contribution >= 4 is 61.4 Å². The molecule has 6 heteroatoms. The van der Waals surface area contributed by atoms with Crippen LogP contribution in [0.25, 0.3) is 0 Å². The van der Waals surface area contributed by atoms with Gasteiger partial charge in [-0.3, -0.25) is 4.98 Å². The Morgan fingerprint density at radius 3 is 2.54 bits per heavy atom. The van der Waals surface area contributed by atoms with Crippen LogP contribution in [0.3, 0.4) is 0 Å². The number of pyridine rings is 1. The van der Waals surface area contributed by atoms with E-state index in [4.69, 9.17) is 5.14 Å². The maximum atomic E-state index is 10.6. The monoisotopic (exact) mass is 226 g/mol. The molecular weight excluding hydrogens is 215 g/mol. The van der Waals surface area contributed by atoms with Crippen molar-refractivity contribution in [1.82, 2.24) is 4.98 Å². The molecule has 0 radical (unpaired) electrons. The molecule has 0 aromatic carbocycles. The van der Waals surface area contributed by atoms with Crippen molar-refractivity contribution in [3.63, 3.8) is 0 Å². The molecule has 1 rings (SSSR count). The standard InChI is InChI=1S/C7H10N2O2S.K.H/c8-12(10,11)6-4-7-3-1-2-5-9-7;;/h1-3,5H,4,6H2,(H2,8,10,11);;. The van der Waals surface area contributed by atoms with Crippen molar-refractivity contribution in [3.8, 4) is 0 Å². The van der Waals surface area contributed by atoms with E-state index in [0.29, 0.717) is 6.42 Å². The van der Waals surface area contributed by atoms with Crippen LogP contribution < -0.4 is 5.14 Å². The van der Waals surface area contributed by atoms with E-state index in [9.17, 15) is 8.42 Å². The van der Waals surface area contributed by atoms with E-state index < -0.39 is 10.0 Å². The molecule has 0 saturated carbocycles. The summed E-state index contributed by atoms with van der Waals surface area (Å²) in [4.78, 5) is 3.96. The molecule has 13 heavy (non-hydrogen) atoms. The number of sulfonamides is 1. The fraction of sp³-hybridized carbons (Fsp3) is 0.286. The zero-order valence-corrected chi connectivity index (χ0v) is 7.29. The van der Waals surface area contributed by atoms with E-state index >= 15 is 0 Å². The summed E-state index contributed by atoms with van der Waals surface area (Å²) in [6, 6.07) is 5.36. The fourth-order valence-corrected chi connectivity index (χ4v) is 1.29. The van der Waals surface area contributed by atoms with Crippen LogP contribution in [-0.2, 0) is 16.4 Å². The van der Waals surface area contributed by atoms with Crippen LogP contribution in [0.4, 0.5) is 0 Å². The first-order valence-corrected chi connectivity index (χ1v) is 5.20. The van der Waals surface area contributed by atoms with Crippen molar-refractivity contribution in [3.05, 3.63) is 30.1 Å². The van der Waals surface area contributed by atoms with E-state index in [1.807, 2.05) is 6.07 Å². The second-order valence-corrected chi connectivity index (χ2v) is 4.17. The third kappa shape index (κ3) is 6.73. The Morgan fingerprint density at radius 1 is 1.38 bits per heavy atom. The van der Waals surface area contributed by atoms with Gasteiger partial charge in [0.1, 0.15) is 0 Å². The molecule has 0 aliphatic carbocycles. The van der Waals surface area contributed by atoms with E-state index in [1.54, 1.807) is 18.3 Å². The Morgan fingerprint density at radius 2 is 2.08 bits per heavy atom. The predicted octanol–water partition coefficient (Wildman–Crippen LogP) is -0.736. The van der Waals surface area contributed by atoms with E-state index in [2.05, 4.69) is 4.98 Å². The van der Waals surface area contributed by atoms with Crippen molar-refractivity contribution in [2.24, 2.45) is 5.14 Å². The van der Waals surface area contributed by atoms with Crippen LogP contribution in [0.1, 0.15) is 5.69 Å². The third-order valence-corrected chi connectivity index (χ3v) is 2.14. The summed E-state index contributed by atoms with van der Waals surface area (Å²) in [6.07, 6.45) is 2.00. The van der Waals surface area contributed by atoms with Crippen LogP contribution in [0.15, 0.2) is 24.4 Å². The molecule has 0 atom stereocenters. The van der Waals surface area contributed by atoms with Gasteiger partial charge in [-0.1, -0.05) is 6.07 Å². The Labute approximate surface area is 120 Å². The van der Waals surface area contributed by atoms with Crippen LogP contribution in [-0.4, -0.2) is 70.5 Å². The molecule has 0 amide bonds. The first-order chi connectivity index (χ1) is 5.58. The molecule has 0 saturated heterocycles. The molecule has 1 aromatic heterocycles. The summed E-state index contributed by atoms with van der Waals surface area (Å²) >= 11 is 0. The minimum absolute atomic E-state index is 0. The van der Waals surface area contributed by atoms with Gasteiger partial charge in [0, 0.05) is 18.3 Å². The summed E-state index contributed by atoms with van der Waals surface area (Å²) in [5.74, 6) is -0.0516. The van der Waals surface area contributed by atoms with Crippen LogP contribution in [0.5, 0.6) is 0 Å². The van der Waals surface area contributed by atoms with Crippen LogP contribution in [0, 0.1) is 0 Å². The zero-order chi connectivity index (χ0) is 9.03. The third-order valence-electron chi connectivity index (χ3n) is 1.37. The number of hydrogen-bond donors (Lipinski definition) is 1. The zero-order valence-electron chi connectivity index (χ0n) is 6.47.